The van der Waals surface area contributed by atoms with Gasteiger partial charge in [-0.3, -0.25) is 4.79 Å². The zero-order valence-corrected chi connectivity index (χ0v) is 19.7. The van der Waals surface area contributed by atoms with Crippen molar-refractivity contribution in [3.63, 3.8) is 0 Å². The van der Waals surface area contributed by atoms with Crippen molar-refractivity contribution in [3.05, 3.63) is 59.5 Å². The lowest BCUT2D eigenvalue weighted by atomic mass is 10.0. The summed E-state index contributed by atoms with van der Waals surface area (Å²) in [7, 11) is 0. The number of ether oxygens (including phenoxy) is 2. The number of benzene rings is 1. The molecule has 2 aliphatic carbocycles. The Morgan fingerprint density at radius 1 is 1.11 bits per heavy atom. The fourth-order valence-corrected chi connectivity index (χ4v) is 5.62. The van der Waals surface area contributed by atoms with Gasteiger partial charge < -0.3 is 18.9 Å². The number of hydrogen-bond donors (Lipinski definition) is 0. The van der Waals surface area contributed by atoms with Crippen molar-refractivity contribution in [1.29, 1.82) is 0 Å². The van der Waals surface area contributed by atoms with Crippen LogP contribution in [0.1, 0.15) is 53.3 Å². The minimum atomic E-state index is -2.92. The number of carbonyl (C=O) groups excluding carboxylic acids is 1. The molecule has 2 saturated carbocycles. The number of rotatable bonds is 9. The highest BCUT2D eigenvalue weighted by Gasteiger charge is 2.42. The fourth-order valence-electron chi connectivity index (χ4n) is 5.62. The van der Waals surface area contributed by atoms with Crippen molar-refractivity contribution in [2.75, 3.05) is 18.0 Å². The van der Waals surface area contributed by atoms with Crippen molar-refractivity contribution in [1.82, 2.24) is 10.1 Å². The lowest BCUT2D eigenvalue weighted by molar-refractivity contribution is -0.0494. The number of aromatic nitrogens is 2. The molecular weight excluding hydrogens is 468 g/mol. The molecule has 0 amide bonds. The Balaban J connectivity index is 1.13. The molecule has 0 spiro atoms. The monoisotopic (exact) mass is 495 g/mol. The van der Waals surface area contributed by atoms with Crippen LogP contribution in [-0.2, 0) is 11.3 Å². The topological polar surface area (TPSA) is 77.7 Å². The summed E-state index contributed by atoms with van der Waals surface area (Å²) >= 11 is 0. The van der Waals surface area contributed by atoms with Crippen molar-refractivity contribution < 1.29 is 27.6 Å². The summed E-state index contributed by atoms with van der Waals surface area (Å²) in [6.45, 7) is -0.753. The Kier molecular flexibility index (Phi) is 6.17. The number of halogens is 2. The summed E-state index contributed by atoms with van der Waals surface area (Å²) in [6, 6.07) is 10.4. The van der Waals surface area contributed by atoms with Crippen LogP contribution in [0.2, 0.25) is 0 Å². The Labute approximate surface area is 207 Å². The van der Waals surface area contributed by atoms with E-state index in [1.165, 1.54) is 6.07 Å². The second kappa shape index (κ2) is 9.61. The van der Waals surface area contributed by atoms with E-state index in [0.29, 0.717) is 41.2 Å². The van der Waals surface area contributed by atoms with Crippen LogP contribution in [0, 0.1) is 11.8 Å². The average Bonchev–Trinajstić information content (AvgIpc) is 3.34. The van der Waals surface area contributed by atoms with Crippen molar-refractivity contribution in [3.8, 4) is 17.0 Å². The molecule has 7 nitrogen and oxygen atoms in total. The largest absolute Gasteiger partial charge is 0.434 e. The summed E-state index contributed by atoms with van der Waals surface area (Å²) in [4.78, 5) is 17.6. The van der Waals surface area contributed by atoms with Gasteiger partial charge >= 0.3 is 6.61 Å². The van der Waals surface area contributed by atoms with E-state index < -0.39 is 6.61 Å². The predicted octanol–water partition coefficient (Wildman–Crippen LogP) is 5.46. The number of fused-ring (bicyclic) bond motifs is 1. The minimum Gasteiger partial charge on any atom is -0.434 e. The van der Waals surface area contributed by atoms with E-state index in [-0.39, 0.29) is 11.9 Å². The number of para-hydroxylation sites is 1. The van der Waals surface area contributed by atoms with Gasteiger partial charge in [-0.05, 0) is 61.8 Å². The molecule has 0 N–H and O–H groups in total. The fraction of sp³-hybridized carbons (Fsp3) is 0.444. The molecule has 1 saturated heterocycles. The van der Waals surface area contributed by atoms with Crippen LogP contribution in [0.4, 0.5) is 14.6 Å². The third-order valence-electron chi connectivity index (χ3n) is 7.53. The van der Waals surface area contributed by atoms with Gasteiger partial charge in [-0.15, -0.1) is 0 Å². The summed E-state index contributed by atoms with van der Waals surface area (Å²) in [5, 5.41) is 4.26. The maximum absolute atomic E-state index is 13.0. The van der Waals surface area contributed by atoms with Crippen LogP contribution in [0.5, 0.6) is 5.75 Å². The average molecular weight is 496 g/mol. The second-order valence-electron chi connectivity index (χ2n) is 9.92. The van der Waals surface area contributed by atoms with E-state index in [0.717, 1.165) is 62.2 Å². The molecule has 6 rings (SSSR count). The van der Waals surface area contributed by atoms with Crippen LogP contribution >= 0.6 is 0 Å². The van der Waals surface area contributed by atoms with Gasteiger partial charge in [-0.1, -0.05) is 17.3 Å². The number of anilines is 1. The highest BCUT2D eigenvalue weighted by atomic mass is 19.3. The quantitative estimate of drug-likeness (QED) is 0.365. The van der Waals surface area contributed by atoms with E-state index in [1.807, 2.05) is 6.07 Å². The van der Waals surface area contributed by atoms with E-state index in [1.54, 1.807) is 30.5 Å². The Bertz CT molecular complexity index is 1210. The van der Waals surface area contributed by atoms with E-state index in [9.17, 15) is 13.6 Å². The third kappa shape index (κ3) is 4.59. The molecule has 0 bridgehead atoms. The summed E-state index contributed by atoms with van der Waals surface area (Å²) in [5.41, 5.74) is 2.41. The van der Waals surface area contributed by atoms with Gasteiger partial charge in [0.15, 0.2) is 6.29 Å². The lowest BCUT2D eigenvalue weighted by Crippen LogP contribution is -2.24. The van der Waals surface area contributed by atoms with Crippen LogP contribution in [0.25, 0.3) is 11.3 Å². The molecule has 3 aliphatic rings. The van der Waals surface area contributed by atoms with Gasteiger partial charge in [0, 0.05) is 41.9 Å². The molecular formula is C27H27F2N3O4. The number of alkyl halides is 2. The number of carbonyl (C=O) groups is 1. The van der Waals surface area contributed by atoms with Crippen molar-refractivity contribution in [2.45, 2.75) is 50.9 Å². The molecule has 3 atom stereocenters. The Morgan fingerprint density at radius 2 is 1.89 bits per heavy atom. The van der Waals surface area contributed by atoms with Gasteiger partial charge in [-0.2, -0.15) is 8.78 Å². The molecule has 3 heterocycles. The molecule has 1 aliphatic heterocycles. The molecule has 2 aromatic heterocycles. The predicted molar refractivity (Wildman–Crippen MR) is 127 cm³/mol. The maximum Gasteiger partial charge on any atom is 0.387 e. The number of hydrogen-bond acceptors (Lipinski definition) is 7. The minimum absolute atomic E-state index is 0.0784. The van der Waals surface area contributed by atoms with Crippen LogP contribution < -0.4 is 9.64 Å². The van der Waals surface area contributed by atoms with E-state index in [4.69, 9.17) is 14.0 Å². The van der Waals surface area contributed by atoms with Crippen LogP contribution in [-0.4, -0.2) is 42.2 Å². The third-order valence-corrected chi connectivity index (χ3v) is 7.53. The summed E-state index contributed by atoms with van der Waals surface area (Å²) in [6.07, 6.45) is 6.51. The molecule has 2 unspecified atom stereocenters. The zero-order chi connectivity index (χ0) is 24.6. The molecule has 36 heavy (non-hydrogen) atoms. The molecule has 188 valence electrons. The van der Waals surface area contributed by atoms with Crippen molar-refractivity contribution >= 4 is 12.1 Å². The number of aldehydes is 1. The normalized spacial score (nSPS) is 23.3. The van der Waals surface area contributed by atoms with Gasteiger partial charge in [-0.25, -0.2) is 4.98 Å². The highest BCUT2D eigenvalue weighted by Crippen LogP contribution is 2.46. The number of nitrogens with zero attached hydrogens (tertiary/aromatic N) is 3. The molecule has 0 radical (unpaired) electrons. The SMILES string of the molecule is O=Cc1ccc(N2CC3CC(OCc4c(-c5ccccc5OC(F)F)noc4C4CC4)C[C@H]3C2)nc1. The maximum atomic E-state index is 13.0. The summed E-state index contributed by atoms with van der Waals surface area (Å²) in [5.74, 6) is 3.13. The molecule has 1 aromatic carbocycles. The highest BCUT2D eigenvalue weighted by molar-refractivity contribution is 5.74. The second-order valence-corrected chi connectivity index (χ2v) is 9.92. The van der Waals surface area contributed by atoms with Gasteiger partial charge in [0.25, 0.3) is 0 Å². The Morgan fingerprint density at radius 3 is 2.56 bits per heavy atom. The van der Waals surface area contributed by atoms with Gasteiger partial charge in [0.05, 0.1) is 12.7 Å². The molecule has 3 aromatic rings. The lowest BCUT2D eigenvalue weighted by Gasteiger charge is -2.20. The molecule has 3 fully saturated rings. The standard InChI is InChI=1S/C27H27F2N3O4/c28-27(29)35-23-4-2-1-3-21(23)25-22(26(36-31-25)17-6-7-17)15-34-20-9-18-12-32(13-19(18)10-20)24-8-5-16(14-33)11-30-24/h1-5,8,11,14,17-20,27H,6-7,9-10,12-13,15H2/t18-,19?,20?/m0/s1. The van der Waals surface area contributed by atoms with E-state index >= 15 is 0 Å². The number of pyridine rings is 1. The zero-order valence-electron chi connectivity index (χ0n) is 19.7. The van der Waals surface area contributed by atoms with Crippen LogP contribution in [0.15, 0.2) is 47.1 Å². The first-order chi connectivity index (χ1) is 17.6. The first-order valence-electron chi connectivity index (χ1n) is 12.4. The van der Waals surface area contributed by atoms with Gasteiger partial charge in [0.2, 0.25) is 0 Å². The summed E-state index contributed by atoms with van der Waals surface area (Å²) < 4.78 is 42.8. The Hall–Kier alpha value is -3.33. The van der Waals surface area contributed by atoms with Crippen LogP contribution in [0.3, 0.4) is 0 Å². The van der Waals surface area contributed by atoms with Gasteiger partial charge in [0.1, 0.15) is 23.0 Å². The smallest absolute Gasteiger partial charge is 0.387 e. The first kappa shape index (κ1) is 23.1. The first-order valence-corrected chi connectivity index (χ1v) is 12.4. The van der Waals surface area contributed by atoms with E-state index in [2.05, 4.69) is 15.0 Å². The van der Waals surface area contributed by atoms with Crippen molar-refractivity contribution in [2.24, 2.45) is 11.8 Å². The molecule has 9 heteroatoms.